The van der Waals surface area contributed by atoms with Crippen molar-refractivity contribution in [2.45, 2.75) is 57.8 Å². The van der Waals surface area contributed by atoms with Crippen LogP contribution in [-0.4, -0.2) is 61.6 Å². The smallest absolute Gasteiger partial charge is 0.459 e. The SMILES string of the molecule is CC(C)OC(=O)[C@H](C)NP(=O)(OCC1O[C@@H](n2cnc3c(N)ncnc32)C[C@H]1O)Oc1ccccc1. The van der Waals surface area contributed by atoms with E-state index in [0.717, 1.165) is 0 Å². The average Bonchev–Trinajstić information content (AvgIpc) is 3.42. The second-order valence-electron chi connectivity index (χ2n) is 8.55. The van der Waals surface area contributed by atoms with Crippen molar-refractivity contribution in [1.29, 1.82) is 0 Å². The fourth-order valence-corrected chi connectivity index (χ4v) is 5.12. The maximum atomic E-state index is 13.6. The Kier molecular flexibility index (Phi) is 7.86. The summed E-state index contributed by atoms with van der Waals surface area (Å²) >= 11 is 0. The van der Waals surface area contributed by atoms with E-state index in [9.17, 15) is 14.5 Å². The van der Waals surface area contributed by atoms with Crippen LogP contribution in [0.4, 0.5) is 5.82 Å². The molecule has 3 heterocycles. The molecule has 0 aliphatic carbocycles. The molecule has 1 aliphatic rings. The predicted octanol–water partition coefficient (Wildman–Crippen LogP) is 2.19. The summed E-state index contributed by atoms with van der Waals surface area (Å²) in [6, 6.07) is 7.39. The molecule has 1 fully saturated rings. The topological polar surface area (TPSA) is 173 Å². The Labute approximate surface area is 207 Å². The Morgan fingerprint density at radius 3 is 2.75 bits per heavy atom. The fourth-order valence-electron chi connectivity index (χ4n) is 3.62. The van der Waals surface area contributed by atoms with Crippen LogP contribution in [0, 0.1) is 0 Å². The molecule has 13 nitrogen and oxygen atoms in total. The highest BCUT2D eigenvalue weighted by molar-refractivity contribution is 7.52. The number of carbonyl (C=O) groups is 1. The molecule has 4 rings (SSSR count). The minimum absolute atomic E-state index is 0.206. The van der Waals surface area contributed by atoms with E-state index in [-0.39, 0.29) is 30.7 Å². The number of benzene rings is 1. The van der Waals surface area contributed by atoms with E-state index in [0.29, 0.717) is 11.2 Å². The molecule has 2 unspecified atom stereocenters. The molecule has 0 bridgehead atoms. The molecule has 1 aliphatic heterocycles. The molecule has 2 aromatic heterocycles. The Bertz CT molecular complexity index is 1240. The second kappa shape index (κ2) is 10.9. The molecule has 5 atom stereocenters. The van der Waals surface area contributed by atoms with Crippen molar-refractivity contribution in [2.24, 2.45) is 0 Å². The number of hydrogen-bond donors (Lipinski definition) is 3. The quantitative estimate of drug-likeness (QED) is 0.263. The summed E-state index contributed by atoms with van der Waals surface area (Å²) < 4.78 is 37.7. The number of aromatic nitrogens is 4. The molecule has 1 saturated heterocycles. The summed E-state index contributed by atoms with van der Waals surface area (Å²) in [6.07, 6.45) is 0.266. The molecular weight excluding hydrogens is 491 g/mol. The van der Waals surface area contributed by atoms with Crippen LogP contribution in [0.1, 0.15) is 33.4 Å². The number of aliphatic hydroxyl groups is 1. The lowest BCUT2D eigenvalue weighted by atomic mass is 10.2. The summed E-state index contributed by atoms with van der Waals surface area (Å²) in [6.45, 7) is 4.62. The van der Waals surface area contributed by atoms with Gasteiger partial charge in [-0.3, -0.25) is 13.9 Å². The first kappa shape index (κ1) is 26.0. The van der Waals surface area contributed by atoms with Crippen molar-refractivity contribution in [3.63, 3.8) is 0 Å². The van der Waals surface area contributed by atoms with Crippen LogP contribution in [-0.2, 0) is 23.4 Å². The number of para-hydroxylation sites is 1. The number of hydrogen-bond acceptors (Lipinski definition) is 11. The number of ether oxygens (including phenoxy) is 2. The summed E-state index contributed by atoms with van der Waals surface area (Å²) in [7, 11) is -4.10. The number of anilines is 1. The zero-order valence-corrected chi connectivity index (χ0v) is 20.9. The van der Waals surface area contributed by atoms with Crippen molar-refractivity contribution < 1.29 is 33.0 Å². The van der Waals surface area contributed by atoms with Gasteiger partial charge in [0.2, 0.25) is 0 Å². The van der Waals surface area contributed by atoms with Crippen LogP contribution < -0.4 is 15.3 Å². The molecule has 1 aromatic carbocycles. The zero-order chi connectivity index (χ0) is 25.9. The van der Waals surface area contributed by atoms with E-state index in [1.807, 2.05) is 0 Å². The number of nitrogen functional groups attached to an aromatic ring is 1. The molecular formula is C22H29N6O7P. The molecule has 3 aromatic rings. The molecule has 14 heteroatoms. The van der Waals surface area contributed by atoms with Gasteiger partial charge in [0.25, 0.3) is 0 Å². The number of nitrogens with zero attached hydrogens (tertiary/aromatic N) is 4. The molecule has 0 amide bonds. The number of fused-ring (bicyclic) bond motifs is 1. The second-order valence-corrected chi connectivity index (χ2v) is 10.2. The first-order valence-corrected chi connectivity index (χ1v) is 12.9. The van der Waals surface area contributed by atoms with Crippen LogP contribution >= 0.6 is 7.75 Å². The van der Waals surface area contributed by atoms with Crippen molar-refractivity contribution >= 4 is 30.7 Å². The van der Waals surface area contributed by atoms with Gasteiger partial charge in [-0.1, -0.05) is 18.2 Å². The first-order chi connectivity index (χ1) is 17.1. The monoisotopic (exact) mass is 520 g/mol. The third-order valence-electron chi connectivity index (χ3n) is 5.34. The number of nitrogens with two attached hydrogens (primary N) is 1. The first-order valence-electron chi connectivity index (χ1n) is 11.4. The largest absolute Gasteiger partial charge is 0.462 e. The lowest BCUT2D eigenvalue weighted by Gasteiger charge is -2.25. The molecule has 0 radical (unpaired) electrons. The third-order valence-corrected chi connectivity index (χ3v) is 6.98. The standard InChI is InChI=1S/C22H29N6O7P/c1-13(2)33-22(30)14(3)27-36(31,35-15-7-5-4-6-8-15)32-10-17-16(29)9-18(34-17)28-12-26-19-20(23)24-11-25-21(19)28/h4-8,11-14,16-18,29H,9-10H2,1-3H3,(H,27,31)(H2,23,24,25)/t14-,16+,17?,18+,36?/m0/s1. The van der Waals surface area contributed by atoms with Crippen LogP contribution in [0.3, 0.4) is 0 Å². The lowest BCUT2D eigenvalue weighted by molar-refractivity contribution is -0.149. The van der Waals surface area contributed by atoms with E-state index < -0.39 is 38.2 Å². The number of imidazole rings is 1. The maximum absolute atomic E-state index is 13.6. The molecule has 194 valence electrons. The van der Waals surface area contributed by atoms with E-state index >= 15 is 0 Å². The Morgan fingerprint density at radius 1 is 1.28 bits per heavy atom. The van der Waals surface area contributed by atoms with E-state index in [2.05, 4.69) is 20.0 Å². The van der Waals surface area contributed by atoms with E-state index in [4.69, 9.17) is 24.3 Å². The van der Waals surface area contributed by atoms with E-state index in [1.54, 1.807) is 48.7 Å². The summed E-state index contributed by atoms with van der Waals surface area (Å²) in [4.78, 5) is 24.6. The number of carbonyl (C=O) groups excluding carboxylic acids is 1. The summed E-state index contributed by atoms with van der Waals surface area (Å²) in [5, 5.41) is 13.2. The predicted molar refractivity (Wildman–Crippen MR) is 129 cm³/mol. The maximum Gasteiger partial charge on any atom is 0.459 e. The van der Waals surface area contributed by atoms with Gasteiger partial charge in [-0.2, -0.15) is 5.09 Å². The minimum Gasteiger partial charge on any atom is -0.462 e. The minimum atomic E-state index is -4.10. The molecule has 0 spiro atoms. The Hall–Kier alpha value is -3.09. The van der Waals surface area contributed by atoms with Gasteiger partial charge < -0.3 is 24.8 Å². The van der Waals surface area contributed by atoms with Crippen molar-refractivity contribution in [3.8, 4) is 5.75 Å². The molecule has 4 N–H and O–H groups in total. The number of nitrogens with one attached hydrogen (secondary N) is 1. The number of aliphatic hydroxyl groups excluding tert-OH is 1. The summed E-state index contributed by atoms with van der Waals surface area (Å²) in [5.74, 6) is -0.117. The van der Waals surface area contributed by atoms with Crippen molar-refractivity contribution in [1.82, 2.24) is 24.6 Å². The van der Waals surface area contributed by atoms with Crippen LogP contribution in [0.25, 0.3) is 11.2 Å². The van der Waals surface area contributed by atoms with E-state index in [1.165, 1.54) is 19.6 Å². The van der Waals surface area contributed by atoms with Crippen molar-refractivity contribution in [3.05, 3.63) is 43.0 Å². The highest BCUT2D eigenvalue weighted by atomic mass is 31.2. The number of rotatable bonds is 10. The molecule has 36 heavy (non-hydrogen) atoms. The highest BCUT2D eigenvalue weighted by Crippen LogP contribution is 2.46. The Balaban J connectivity index is 1.46. The van der Waals surface area contributed by atoms with Gasteiger partial charge >= 0.3 is 13.7 Å². The van der Waals surface area contributed by atoms with Gasteiger partial charge in [-0.05, 0) is 32.9 Å². The highest BCUT2D eigenvalue weighted by Gasteiger charge is 2.39. The van der Waals surface area contributed by atoms with Crippen LogP contribution in [0.2, 0.25) is 0 Å². The van der Waals surface area contributed by atoms with Gasteiger partial charge in [0.1, 0.15) is 36.0 Å². The number of esters is 1. The lowest BCUT2D eigenvalue weighted by Crippen LogP contribution is -2.37. The summed E-state index contributed by atoms with van der Waals surface area (Å²) in [5.41, 5.74) is 6.72. The van der Waals surface area contributed by atoms with Crippen molar-refractivity contribution in [2.75, 3.05) is 12.3 Å². The average molecular weight is 520 g/mol. The van der Waals surface area contributed by atoms with Crippen LogP contribution in [0.15, 0.2) is 43.0 Å². The van der Waals surface area contributed by atoms with Gasteiger partial charge in [-0.15, -0.1) is 0 Å². The normalized spacial score (nSPS) is 22.4. The fraction of sp³-hybridized carbons (Fsp3) is 0.455. The van der Waals surface area contributed by atoms with Crippen LogP contribution in [0.5, 0.6) is 5.75 Å². The van der Waals surface area contributed by atoms with Gasteiger partial charge in [0.05, 0.1) is 25.1 Å². The van der Waals surface area contributed by atoms with Gasteiger partial charge in [-0.25, -0.2) is 19.5 Å². The van der Waals surface area contributed by atoms with Gasteiger partial charge in [0.15, 0.2) is 11.5 Å². The third kappa shape index (κ3) is 6.00. The Morgan fingerprint density at radius 2 is 2.03 bits per heavy atom. The zero-order valence-electron chi connectivity index (χ0n) is 20.1. The van der Waals surface area contributed by atoms with Gasteiger partial charge in [0, 0.05) is 6.42 Å². The molecule has 0 saturated carbocycles.